The molecule has 3 heteroatoms. The Hall–Kier alpha value is -0.570. The Morgan fingerprint density at radius 2 is 1.56 bits per heavy atom. The highest BCUT2D eigenvalue weighted by Gasteiger charge is 2.29. The molecule has 18 heavy (non-hydrogen) atoms. The number of carbonyl (C=O) groups excluding carboxylic acids is 1. The number of nitrogens with two attached hydrogens (primary N) is 1. The minimum Gasteiger partial charge on any atom is -0.353 e. The van der Waals surface area contributed by atoms with Gasteiger partial charge in [-0.1, -0.05) is 13.8 Å². The number of carbonyl (C=O) groups is 1. The predicted octanol–water partition coefficient (Wildman–Crippen LogP) is 2.44. The first-order chi connectivity index (χ1) is 8.54. The van der Waals surface area contributed by atoms with E-state index < -0.39 is 0 Å². The second-order valence-electron chi connectivity index (χ2n) is 6.73. The fourth-order valence-electron chi connectivity index (χ4n) is 3.77. The van der Waals surface area contributed by atoms with Crippen molar-refractivity contribution in [3.63, 3.8) is 0 Å². The van der Waals surface area contributed by atoms with Gasteiger partial charge in [-0.3, -0.25) is 4.79 Å². The molecule has 2 aliphatic carbocycles. The number of nitrogens with one attached hydrogen (secondary N) is 1. The molecule has 0 radical (unpaired) electrons. The van der Waals surface area contributed by atoms with Crippen LogP contribution in [0.5, 0.6) is 0 Å². The van der Waals surface area contributed by atoms with Gasteiger partial charge >= 0.3 is 0 Å². The third kappa shape index (κ3) is 3.71. The highest BCUT2D eigenvalue weighted by atomic mass is 16.1. The summed E-state index contributed by atoms with van der Waals surface area (Å²) >= 11 is 0. The van der Waals surface area contributed by atoms with Crippen LogP contribution in [0.4, 0.5) is 0 Å². The Labute approximate surface area is 111 Å². The Kier molecular flexibility index (Phi) is 4.66. The van der Waals surface area contributed by atoms with Crippen LogP contribution in [-0.2, 0) is 4.79 Å². The molecule has 104 valence electrons. The third-order valence-corrected chi connectivity index (χ3v) is 4.67. The molecule has 0 aromatic carbocycles. The molecule has 3 nitrogen and oxygen atoms in total. The molecule has 0 spiro atoms. The maximum atomic E-state index is 12.2. The number of hydrogen-bond acceptors (Lipinski definition) is 2. The normalized spacial score (nSPS) is 41.4. The van der Waals surface area contributed by atoms with Gasteiger partial charge in [0.05, 0.1) is 0 Å². The molecule has 2 saturated carbocycles. The van der Waals surface area contributed by atoms with Gasteiger partial charge in [0.15, 0.2) is 0 Å². The monoisotopic (exact) mass is 252 g/mol. The lowest BCUT2D eigenvalue weighted by Gasteiger charge is -2.33. The first kappa shape index (κ1) is 13.9. The summed E-state index contributed by atoms with van der Waals surface area (Å²) in [5.41, 5.74) is 5.89. The van der Waals surface area contributed by atoms with Crippen LogP contribution in [0.2, 0.25) is 0 Å². The standard InChI is InChI=1S/C15H28N2O/c1-10-7-11(2)9-14(8-10)17-15(18)12-3-5-13(16)6-4-12/h10-14H,3-9,16H2,1-2H3,(H,17,18). The second kappa shape index (κ2) is 6.05. The Morgan fingerprint density at radius 1 is 1.00 bits per heavy atom. The van der Waals surface area contributed by atoms with E-state index in [2.05, 4.69) is 19.2 Å². The molecule has 0 heterocycles. The van der Waals surface area contributed by atoms with Crippen molar-refractivity contribution in [1.29, 1.82) is 0 Å². The number of hydrogen-bond donors (Lipinski definition) is 2. The average Bonchev–Trinajstić information content (AvgIpc) is 2.28. The molecule has 2 atom stereocenters. The van der Waals surface area contributed by atoms with Crippen LogP contribution >= 0.6 is 0 Å². The molecule has 0 bridgehead atoms. The molecule has 2 rings (SSSR count). The third-order valence-electron chi connectivity index (χ3n) is 4.67. The summed E-state index contributed by atoms with van der Waals surface area (Å²) in [6, 6.07) is 0.732. The van der Waals surface area contributed by atoms with Crippen molar-refractivity contribution < 1.29 is 4.79 Å². The first-order valence-electron chi connectivity index (χ1n) is 7.60. The zero-order valence-electron chi connectivity index (χ0n) is 11.8. The van der Waals surface area contributed by atoms with Crippen LogP contribution in [0, 0.1) is 17.8 Å². The van der Waals surface area contributed by atoms with Crippen LogP contribution in [0.3, 0.4) is 0 Å². The Balaban J connectivity index is 1.80. The molecule has 2 unspecified atom stereocenters. The summed E-state index contributed by atoms with van der Waals surface area (Å²) in [7, 11) is 0. The molecule has 2 fully saturated rings. The summed E-state index contributed by atoms with van der Waals surface area (Å²) in [5, 5.41) is 3.28. The molecule has 0 saturated heterocycles. The van der Waals surface area contributed by atoms with E-state index in [1.165, 1.54) is 6.42 Å². The minimum absolute atomic E-state index is 0.220. The lowest BCUT2D eigenvalue weighted by molar-refractivity contribution is -0.127. The van der Waals surface area contributed by atoms with Crippen molar-refractivity contribution in [2.45, 2.75) is 70.9 Å². The molecular weight excluding hydrogens is 224 g/mol. The largest absolute Gasteiger partial charge is 0.353 e. The van der Waals surface area contributed by atoms with Crippen LogP contribution < -0.4 is 11.1 Å². The smallest absolute Gasteiger partial charge is 0.223 e. The van der Waals surface area contributed by atoms with Gasteiger partial charge in [-0.2, -0.15) is 0 Å². The fraction of sp³-hybridized carbons (Fsp3) is 0.933. The van der Waals surface area contributed by atoms with Crippen molar-refractivity contribution in [3.8, 4) is 0 Å². The van der Waals surface area contributed by atoms with E-state index in [1.54, 1.807) is 0 Å². The Morgan fingerprint density at radius 3 is 2.11 bits per heavy atom. The quantitative estimate of drug-likeness (QED) is 0.793. The van der Waals surface area contributed by atoms with E-state index in [-0.39, 0.29) is 11.8 Å². The number of rotatable bonds is 2. The van der Waals surface area contributed by atoms with Gasteiger partial charge in [-0.15, -0.1) is 0 Å². The van der Waals surface area contributed by atoms with Crippen molar-refractivity contribution in [2.24, 2.45) is 23.5 Å². The van der Waals surface area contributed by atoms with Gasteiger partial charge in [-0.25, -0.2) is 0 Å². The van der Waals surface area contributed by atoms with Crippen LogP contribution in [0.1, 0.15) is 58.8 Å². The molecule has 0 aromatic heterocycles. The topological polar surface area (TPSA) is 55.1 Å². The molecule has 2 aliphatic rings. The van der Waals surface area contributed by atoms with Gasteiger partial charge < -0.3 is 11.1 Å². The van der Waals surface area contributed by atoms with Crippen molar-refractivity contribution in [2.75, 3.05) is 0 Å². The first-order valence-corrected chi connectivity index (χ1v) is 7.60. The van der Waals surface area contributed by atoms with Gasteiger partial charge in [-0.05, 0) is 56.8 Å². The van der Waals surface area contributed by atoms with Crippen LogP contribution in [0.15, 0.2) is 0 Å². The van der Waals surface area contributed by atoms with Crippen molar-refractivity contribution in [1.82, 2.24) is 5.32 Å². The van der Waals surface area contributed by atoms with E-state index in [0.717, 1.165) is 50.4 Å². The summed E-state index contributed by atoms with van der Waals surface area (Å²) in [6.07, 6.45) is 7.59. The fourth-order valence-corrected chi connectivity index (χ4v) is 3.77. The molecular formula is C15H28N2O. The van der Waals surface area contributed by atoms with E-state index >= 15 is 0 Å². The van der Waals surface area contributed by atoms with E-state index in [4.69, 9.17) is 5.73 Å². The summed E-state index contributed by atoms with van der Waals surface area (Å²) < 4.78 is 0. The SMILES string of the molecule is CC1CC(C)CC(NC(=O)C2CCC(N)CC2)C1. The summed E-state index contributed by atoms with van der Waals surface area (Å²) in [6.45, 7) is 4.60. The average molecular weight is 252 g/mol. The maximum absolute atomic E-state index is 12.2. The lowest BCUT2D eigenvalue weighted by Crippen LogP contribution is -2.44. The van der Waals surface area contributed by atoms with Crippen LogP contribution in [-0.4, -0.2) is 18.0 Å². The lowest BCUT2D eigenvalue weighted by atomic mass is 9.80. The van der Waals surface area contributed by atoms with Crippen LogP contribution in [0.25, 0.3) is 0 Å². The highest BCUT2D eigenvalue weighted by molar-refractivity contribution is 5.79. The molecule has 1 amide bonds. The number of amides is 1. The zero-order valence-corrected chi connectivity index (χ0v) is 11.8. The molecule has 3 N–H and O–H groups in total. The van der Waals surface area contributed by atoms with Gasteiger partial charge in [0, 0.05) is 18.0 Å². The van der Waals surface area contributed by atoms with Crippen molar-refractivity contribution in [3.05, 3.63) is 0 Å². The summed E-state index contributed by atoms with van der Waals surface area (Å²) in [4.78, 5) is 12.2. The van der Waals surface area contributed by atoms with Gasteiger partial charge in [0.1, 0.15) is 0 Å². The van der Waals surface area contributed by atoms with E-state index in [0.29, 0.717) is 12.1 Å². The highest BCUT2D eigenvalue weighted by Crippen LogP contribution is 2.29. The predicted molar refractivity (Wildman–Crippen MR) is 74.0 cm³/mol. The second-order valence-corrected chi connectivity index (χ2v) is 6.73. The van der Waals surface area contributed by atoms with E-state index in [9.17, 15) is 4.79 Å². The maximum Gasteiger partial charge on any atom is 0.223 e. The van der Waals surface area contributed by atoms with Gasteiger partial charge in [0.2, 0.25) is 5.91 Å². The van der Waals surface area contributed by atoms with Crippen molar-refractivity contribution >= 4 is 5.91 Å². The Bertz CT molecular complexity index is 274. The minimum atomic E-state index is 0.220. The molecule has 0 aliphatic heterocycles. The summed E-state index contributed by atoms with van der Waals surface area (Å²) in [5.74, 6) is 2.00. The zero-order chi connectivity index (χ0) is 13.1. The van der Waals surface area contributed by atoms with E-state index in [1.807, 2.05) is 0 Å². The van der Waals surface area contributed by atoms with Gasteiger partial charge in [0.25, 0.3) is 0 Å². The molecule has 0 aromatic rings.